The van der Waals surface area contributed by atoms with Crippen molar-refractivity contribution in [2.45, 2.75) is 54.2 Å². The summed E-state index contributed by atoms with van der Waals surface area (Å²) in [7, 11) is 0. The molecule has 0 fully saturated rings. The summed E-state index contributed by atoms with van der Waals surface area (Å²) in [6.45, 7) is 13.1. The highest BCUT2D eigenvalue weighted by molar-refractivity contribution is 5.30. The molecule has 0 radical (unpaired) electrons. The van der Waals surface area contributed by atoms with Gasteiger partial charge in [0.1, 0.15) is 5.76 Å². The molecule has 114 valence electrons. The molecule has 4 nitrogen and oxygen atoms in total. The van der Waals surface area contributed by atoms with Crippen LogP contribution in [0.4, 0.5) is 0 Å². The molecule has 0 aliphatic carbocycles. The number of nitrogens with one attached hydrogen (secondary N) is 1. The smallest absolute Gasteiger partial charge is 0.108 e. The summed E-state index contributed by atoms with van der Waals surface area (Å²) in [5, 5.41) is 31.1. The lowest BCUT2D eigenvalue weighted by Gasteiger charge is -2.15. The molecule has 0 aliphatic heterocycles. The largest absolute Gasteiger partial charge is 0.513 e. The average Bonchev–Trinajstić information content (AvgIpc) is 2.26. The Hall–Kier alpha value is -1.26. The number of aliphatic hydroxyl groups excluding tert-OH is 3. The van der Waals surface area contributed by atoms with Crippen LogP contribution in [0.1, 0.15) is 42.0 Å². The van der Waals surface area contributed by atoms with E-state index in [9.17, 15) is 5.11 Å². The van der Waals surface area contributed by atoms with E-state index >= 15 is 0 Å². The second-order valence-corrected chi connectivity index (χ2v) is 4.00. The van der Waals surface area contributed by atoms with Gasteiger partial charge in [-0.1, -0.05) is 41.7 Å². The molecule has 4 heteroatoms. The zero-order valence-electron chi connectivity index (χ0n) is 12.1. The van der Waals surface area contributed by atoms with Crippen LogP contribution in [-0.2, 0) is 0 Å². The van der Waals surface area contributed by atoms with E-state index in [-0.39, 0.29) is 25.0 Å². The molecule has 0 bridgehead atoms. The van der Waals surface area contributed by atoms with Gasteiger partial charge >= 0.3 is 0 Å². The maximum atomic E-state index is 9.82. The molecule has 1 unspecified atom stereocenters. The first-order valence-corrected chi connectivity index (χ1v) is 6.21. The minimum absolute atomic E-state index is 0. The highest BCUT2D eigenvalue weighted by atomic mass is 16.3. The third-order valence-corrected chi connectivity index (χ3v) is 1.81. The van der Waals surface area contributed by atoms with E-state index in [1.807, 2.05) is 27.7 Å². The fourth-order valence-electron chi connectivity index (χ4n) is 1.13. The Morgan fingerprint density at radius 3 is 2.00 bits per heavy atom. The number of hydrogen-bond donors (Lipinski definition) is 4. The van der Waals surface area contributed by atoms with Crippen LogP contribution in [0.15, 0.2) is 35.8 Å². The van der Waals surface area contributed by atoms with Crippen LogP contribution in [0, 0.1) is 0 Å². The van der Waals surface area contributed by atoms with Crippen molar-refractivity contribution >= 4 is 0 Å². The quantitative estimate of drug-likeness (QED) is 0.442. The maximum Gasteiger partial charge on any atom is 0.108 e. The molecule has 0 aromatic carbocycles. The molecule has 0 heterocycles. The normalized spacial score (nSPS) is 13.2. The van der Waals surface area contributed by atoms with E-state index in [0.29, 0.717) is 12.1 Å². The second-order valence-electron chi connectivity index (χ2n) is 4.00. The number of aliphatic hydroxyl groups is 3. The Labute approximate surface area is 118 Å². The fourth-order valence-corrected chi connectivity index (χ4v) is 1.13. The molecule has 0 saturated heterocycles. The minimum atomic E-state index is -0.798. The van der Waals surface area contributed by atoms with Crippen molar-refractivity contribution in [2.24, 2.45) is 0 Å². The lowest BCUT2D eigenvalue weighted by Crippen LogP contribution is -2.32. The van der Waals surface area contributed by atoms with Crippen LogP contribution >= 0.6 is 0 Å². The van der Waals surface area contributed by atoms with E-state index in [2.05, 4.69) is 11.9 Å². The topological polar surface area (TPSA) is 72.7 Å². The molecule has 0 aliphatic rings. The van der Waals surface area contributed by atoms with E-state index in [4.69, 9.17) is 10.2 Å². The van der Waals surface area contributed by atoms with Gasteiger partial charge in [0.25, 0.3) is 0 Å². The zero-order chi connectivity index (χ0) is 14.7. The van der Waals surface area contributed by atoms with E-state index < -0.39 is 6.10 Å². The van der Waals surface area contributed by atoms with Crippen LogP contribution in [-0.4, -0.2) is 34.0 Å². The predicted octanol–water partition coefficient (Wildman–Crippen LogP) is 3.47. The van der Waals surface area contributed by atoms with Crippen LogP contribution in [0.5, 0.6) is 0 Å². The number of hydrogen-bond acceptors (Lipinski definition) is 4. The molecule has 0 amide bonds. The summed E-state index contributed by atoms with van der Waals surface area (Å²) in [6, 6.07) is 0.257. The maximum absolute atomic E-state index is 9.82. The van der Waals surface area contributed by atoms with Crippen LogP contribution in [0.3, 0.4) is 0 Å². The molecule has 0 spiro atoms. The average molecular weight is 273 g/mol. The fraction of sp³-hybridized carbons (Fsp3) is 0.600. The van der Waals surface area contributed by atoms with Crippen LogP contribution < -0.4 is 5.32 Å². The van der Waals surface area contributed by atoms with Gasteiger partial charge in [-0.05, 0) is 24.6 Å². The van der Waals surface area contributed by atoms with Crippen molar-refractivity contribution < 1.29 is 15.3 Å². The SMILES string of the molecule is C.C=C(O)/C=C(\C=C(/C)O)C(O)CNC(C)C.CC. The van der Waals surface area contributed by atoms with Crippen molar-refractivity contribution in [3.8, 4) is 0 Å². The third-order valence-electron chi connectivity index (χ3n) is 1.81. The molecule has 0 aromatic rings. The monoisotopic (exact) mass is 273 g/mol. The summed E-state index contributed by atoms with van der Waals surface area (Å²) in [5.74, 6) is -0.0906. The summed E-state index contributed by atoms with van der Waals surface area (Å²) >= 11 is 0. The van der Waals surface area contributed by atoms with Crippen molar-refractivity contribution in [3.05, 3.63) is 35.8 Å². The first kappa shape index (κ1) is 22.9. The van der Waals surface area contributed by atoms with Gasteiger partial charge in [0.05, 0.1) is 11.9 Å². The predicted molar refractivity (Wildman–Crippen MR) is 83.5 cm³/mol. The van der Waals surface area contributed by atoms with E-state index in [1.54, 1.807) is 0 Å². The summed E-state index contributed by atoms with van der Waals surface area (Å²) in [4.78, 5) is 0. The molecule has 0 aromatic heterocycles. The minimum Gasteiger partial charge on any atom is -0.513 e. The Kier molecular flexibility index (Phi) is 15.9. The second kappa shape index (κ2) is 13.2. The molecule has 1 atom stereocenters. The van der Waals surface area contributed by atoms with Crippen molar-refractivity contribution in [1.29, 1.82) is 0 Å². The third kappa shape index (κ3) is 14.7. The molecule has 19 heavy (non-hydrogen) atoms. The van der Waals surface area contributed by atoms with Crippen molar-refractivity contribution in [1.82, 2.24) is 5.32 Å². The highest BCUT2D eigenvalue weighted by Crippen LogP contribution is 2.09. The lowest BCUT2D eigenvalue weighted by atomic mass is 10.1. The Morgan fingerprint density at radius 2 is 1.68 bits per heavy atom. The van der Waals surface area contributed by atoms with E-state index in [0.717, 1.165) is 0 Å². The summed E-state index contributed by atoms with van der Waals surface area (Å²) < 4.78 is 0. The summed E-state index contributed by atoms with van der Waals surface area (Å²) in [6.07, 6.45) is 1.92. The van der Waals surface area contributed by atoms with Gasteiger partial charge in [0, 0.05) is 12.6 Å². The van der Waals surface area contributed by atoms with Crippen molar-refractivity contribution in [2.75, 3.05) is 6.54 Å². The zero-order valence-corrected chi connectivity index (χ0v) is 12.1. The van der Waals surface area contributed by atoms with Gasteiger partial charge in [-0.3, -0.25) is 0 Å². The van der Waals surface area contributed by atoms with Gasteiger partial charge in [-0.2, -0.15) is 0 Å². The Bertz CT molecular complexity index is 290. The first-order chi connectivity index (χ1) is 8.32. The first-order valence-electron chi connectivity index (χ1n) is 6.21. The van der Waals surface area contributed by atoms with Gasteiger partial charge in [0.2, 0.25) is 0 Å². The Balaban J connectivity index is -0.000000809. The Morgan fingerprint density at radius 1 is 1.21 bits per heavy atom. The standard InChI is InChI=1S/C12H21NO3.C2H6.CH4/c1-8(2)13-7-12(16)11(5-9(3)14)6-10(4)15;1-2;/h5-6,8,12-16H,3,7H2,1-2,4H3;1-2H3;1H4/b10-6+,11-5+;;. The summed E-state index contributed by atoms with van der Waals surface area (Å²) in [5.41, 5.74) is 0.417. The molecule has 0 saturated carbocycles. The number of rotatable bonds is 6. The molecule has 4 N–H and O–H groups in total. The molecular weight excluding hydrogens is 242 g/mol. The van der Waals surface area contributed by atoms with Gasteiger partial charge < -0.3 is 20.6 Å². The van der Waals surface area contributed by atoms with Gasteiger partial charge in [-0.15, -0.1) is 0 Å². The van der Waals surface area contributed by atoms with Gasteiger partial charge in [-0.25, -0.2) is 0 Å². The highest BCUT2D eigenvalue weighted by Gasteiger charge is 2.10. The lowest BCUT2D eigenvalue weighted by molar-refractivity contribution is 0.205. The molecule has 0 rings (SSSR count). The van der Waals surface area contributed by atoms with E-state index in [1.165, 1.54) is 19.1 Å². The van der Waals surface area contributed by atoms with Crippen LogP contribution in [0.25, 0.3) is 0 Å². The van der Waals surface area contributed by atoms with Gasteiger partial charge in [0.15, 0.2) is 0 Å². The molecular formula is C15H31NO3. The van der Waals surface area contributed by atoms with Crippen LogP contribution in [0.2, 0.25) is 0 Å². The van der Waals surface area contributed by atoms with Crippen molar-refractivity contribution in [3.63, 3.8) is 0 Å². The number of allylic oxidation sites excluding steroid dienone is 2.